The number of rotatable bonds is 9. The lowest BCUT2D eigenvalue weighted by molar-refractivity contribution is -0.139. The normalized spacial score (nSPS) is 13.5. The van der Waals surface area contributed by atoms with E-state index in [1.165, 1.54) is 23.1 Å². The summed E-state index contributed by atoms with van der Waals surface area (Å²) in [5, 5.41) is 3.53. The number of benzene rings is 2. The highest BCUT2D eigenvalue weighted by atomic mass is 35.5. The van der Waals surface area contributed by atoms with Gasteiger partial charge in [-0.2, -0.15) is 0 Å². The van der Waals surface area contributed by atoms with Gasteiger partial charge in [0.15, 0.2) is 11.5 Å². The van der Waals surface area contributed by atoms with Crippen LogP contribution in [0.25, 0.3) is 0 Å². The van der Waals surface area contributed by atoms with Crippen molar-refractivity contribution in [3.8, 4) is 11.5 Å². The molecule has 0 spiro atoms. The molecule has 0 saturated heterocycles. The largest absolute Gasteiger partial charge is 0.454 e. The number of hydrogen-bond donors (Lipinski definition) is 1. The molecule has 3 rings (SSSR count). The zero-order valence-corrected chi connectivity index (χ0v) is 22.1. The zero-order chi connectivity index (χ0) is 25.9. The molecule has 2 aromatic carbocycles. The van der Waals surface area contributed by atoms with Crippen LogP contribution in [0.15, 0.2) is 36.4 Å². The van der Waals surface area contributed by atoms with Crippen molar-refractivity contribution in [1.82, 2.24) is 10.2 Å². The van der Waals surface area contributed by atoms with Crippen LogP contribution in [-0.2, 0) is 26.2 Å². The molecule has 0 bridgehead atoms. The number of halogens is 2. The number of sulfonamides is 1. The predicted octanol–water partition coefficient (Wildman–Crippen LogP) is 3.43. The molecule has 0 saturated carbocycles. The second-order valence-electron chi connectivity index (χ2n) is 8.40. The maximum Gasteiger partial charge on any atom is 0.244 e. The number of anilines is 1. The molecular formula is C23H27Cl2N3O6S. The fraction of sp³-hybridized carbons (Fsp3) is 0.391. The van der Waals surface area contributed by atoms with Gasteiger partial charge in [0.05, 0.1) is 11.9 Å². The Morgan fingerprint density at radius 3 is 2.37 bits per heavy atom. The fourth-order valence-electron chi connectivity index (χ4n) is 3.48. The van der Waals surface area contributed by atoms with E-state index in [-0.39, 0.29) is 31.0 Å². The van der Waals surface area contributed by atoms with E-state index in [2.05, 4.69) is 5.32 Å². The Kier molecular flexibility index (Phi) is 8.40. The lowest BCUT2D eigenvalue weighted by atomic mass is 10.1. The molecule has 35 heavy (non-hydrogen) atoms. The summed E-state index contributed by atoms with van der Waals surface area (Å²) in [6.45, 7) is 4.64. The number of ether oxygens (including phenoxy) is 2. The number of carbonyl (C=O) groups is 2. The molecule has 12 heteroatoms. The Morgan fingerprint density at radius 2 is 1.74 bits per heavy atom. The lowest BCUT2D eigenvalue weighted by Gasteiger charge is -2.32. The molecule has 0 radical (unpaired) electrons. The molecule has 2 amide bonds. The number of nitrogens with zero attached hydrogens (tertiary/aromatic N) is 2. The van der Waals surface area contributed by atoms with Crippen molar-refractivity contribution < 1.29 is 27.5 Å². The minimum atomic E-state index is -3.87. The molecule has 1 unspecified atom stereocenters. The molecule has 0 aliphatic carbocycles. The van der Waals surface area contributed by atoms with E-state index in [1.54, 1.807) is 39.0 Å². The highest BCUT2D eigenvalue weighted by Crippen LogP contribution is 2.36. The number of hydrogen-bond acceptors (Lipinski definition) is 6. The van der Waals surface area contributed by atoms with Crippen molar-refractivity contribution in [3.05, 3.63) is 52.0 Å². The van der Waals surface area contributed by atoms with E-state index in [1.807, 2.05) is 0 Å². The van der Waals surface area contributed by atoms with Crippen LogP contribution >= 0.6 is 23.2 Å². The summed E-state index contributed by atoms with van der Waals surface area (Å²) in [5.41, 5.74) is 0.788. The maximum absolute atomic E-state index is 13.5. The van der Waals surface area contributed by atoms with Crippen LogP contribution < -0.4 is 19.1 Å². The molecule has 190 valence electrons. The summed E-state index contributed by atoms with van der Waals surface area (Å²) < 4.78 is 36.9. The Morgan fingerprint density at radius 1 is 1.06 bits per heavy atom. The molecular weight excluding hydrogens is 517 g/mol. The number of amides is 2. The van der Waals surface area contributed by atoms with Crippen LogP contribution in [0.3, 0.4) is 0 Å². The molecule has 1 heterocycles. The average Bonchev–Trinajstić information content (AvgIpc) is 3.23. The van der Waals surface area contributed by atoms with Crippen LogP contribution in [0.2, 0.25) is 10.0 Å². The first-order chi connectivity index (χ1) is 16.4. The van der Waals surface area contributed by atoms with Gasteiger partial charge in [-0.25, -0.2) is 8.42 Å². The van der Waals surface area contributed by atoms with Gasteiger partial charge in [0.2, 0.25) is 28.6 Å². The second kappa shape index (κ2) is 10.9. The third-order valence-electron chi connectivity index (χ3n) is 5.28. The molecule has 1 aliphatic heterocycles. The van der Waals surface area contributed by atoms with Crippen molar-refractivity contribution in [2.75, 3.05) is 23.9 Å². The van der Waals surface area contributed by atoms with Crippen molar-refractivity contribution in [2.24, 2.45) is 0 Å². The van der Waals surface area contributed by atoms with E-state index < -0.39 is 28.5 Å². The van der Waals surface area contributed by atoms with Gasteiger partial charge < -0.3 is 19.7 Å². The monoisotopic (exact) mass is 543 g/mol. The Bertz CT molecular complexity index is 1220. The zero-order valence-electron chi connectivity index (χ0n) is 19.7. The van der Waals surface area contributed by atoms with Gasteiger partial charge in [0, 0.05) is 28.7 Å². The highest BCUT2D eigenvalue weighted by molar-refractivity contribution is 7.92. The quantitative estimate of drug-likeness (QED) is 0.519. The van der Waals surface area contributed by atoms with Crippen LogP contribution in [0, 0.1) is 0 Å². The summed E-state index contributed by atoms with van der Waals surface area (Å²) in [4.78, 5) is 27.6. The number of nitrogens with one attached hydrogen (secondary N) is 1. The summed E-state index contributed by atoms with van der Waals surface area (Å²) in [5.74, 6) is -0.123. The van der Waals surface area contributed by atoms with E-state index in [4.69, 9.17) is 32.7 Å². The molecule has 1 aliphatic rings. The Labute approximate surface area is 214 Å². The van der Waals surface area contributed by atoms with Crippen LogP contribution in [0.1, 0.15) is 26.3 Å². The van der Waals surface area contributed by atoms with Crippen molar-refractivity contribution in [3.63, 3.8) is 0 Å². The van der Waals surface area contributed by atoms with Crippen molar-refractivity contribution >= 4 is 50.7 Å². The minimum Gasteiger partial charge on any atom is -0.454 e. The molecule has 1 N–H and O–H groups in total. The van der Waals surface area contributed by atoms with Gasteiger partial charge in [0.25, 0.3) is 0 Å². The van der Waals surface area contributed by atoms with Gasteiger partial charge in [-0.1, -0.05) is 29.3 Å². The second-order valence-corrected chi connectivity index (χ2v) is 11.2. The standard InChI is InChI=1S/C23H27Cl2N3O6S/c1-14(2)26-23(30)15(3)27(11-16-5-6-17(24)9-19(16)25)22(29)12-28(35(4,31)32)18-7-8-20-21(10-18)34-13-33-20/h5-10,14-15H,11-13H2,1-4H3,(H,26,30). The number of carbonyl (C=O) groups excluding carboxylic acids is 2. The molecule has 1 atom stereocenters. The number of fused-ring (bicyclic) bond motifs is 1. The summed E-state index contributed by atoms with van der Waals surface area (Å²) in [6.07, 6.45) is 1.00. The topological polar surface area (TPSA) is 105 Å². The molecule has 2 aromatic rings. The summed E-state index contributed by atoms with van der Waals surface area (Å²) in [7, 11) is -3.87. The van der Waals surface area contributed by atoms with Gasteiger partial charge in [-0.05, 0) is 50.6 Å². The molecule has 0 aromatic heterocycles. The third-order valence-corrected chi connectivity index (χ3v) is 7.00. The summed E-state index contributed by atoms with van der Waals surface area (Å²) in [6, 6.07) is 8.35. The van der Waals surface area contributed by atoms with Crippen LogP contribution in [0.4, 0.5) is 5.69 Å². The van der Waals surface area contributed by atoms with E-state index >= 15 is 0 Å². The Hall–Kier alpha value is -2.69. The van der Waals surface area contributed by atoms with Gasteiger partial charge >= 0.3 is 0 Å². The highest BCUT2D eigenvalue weighted by Gasteiger charge is 2.31. The maximum atomic E-state index is 13.5. The van der Waals surface area contributed by atoms with Gasteiger partial charge in [-0.15, -0.1) is 0 Å². The first kappa shape index (κ1) is 26.9. The minimum absolute atomic E-state index is 0.0225. The fourth-order valence-corrected chi connectivity index (χ4v) is 4.78. The first-order valence-electron chi connectivity index (χ1n) is 10.8. The molecule has 9 nitrogen and oxygen atoms in total. The van der Waals surface area contributed by atoms with E-state index in [0.29, 0.717) is 27.1 Å². The van der Waals surface area contributed by atoms with Crippen molar-refractivity contribution in [2.45, 2.75) is 39.4 Å². The van der Waals surface area contributed by atoms with E-state index in [0.717, 1.165) is 10.6 Å². The van der Waals surface area contributed by atoms with Gasteiger partial charge in [-0.3, -0.25) is 13.9 Å². The van der Waals surface area contributed by atoms with Crippen molar-refractivity contribution in [1.29, 1.82) is 0 Å². The summed E-state index contributed by atoms with van der Waals surface area (Å²) >= 11 is 12.3. The third kappa shape index (κ3) is 6.71. The first-order valence-corrected chi connectivity index (χ1v) is 13.4. The lowest BCUT2D eigenvalue weighted by Crippen LogP contribution is -2.52. The van der Waals surface area contributed by atoms with Crippen LogP contribution in [0.5, 0.6) is 11.5 Å². The van der Waals surface area contributed by atoms with Crippen LogP contribution in [-0.4, -0.2) is 56.8 Å². The van der Waals surface area contributed by atoms with Gasteiger partial charge in [0.1, 0.15) is 12.6 Å². The average molecular weight is 544 g/mol. The SMILES string of the molecule is CC(C)NC(=O)C(C)N(Cc1ccc(Cl)cc1Cl)C(=O)CN(c1ccc2c(c1)OCO2)S(C)(=O)=O. The predicted molar refractivity (Wildman–Crippen MR) is 135 cm³/mol. The Balaban J connectivity index is 1.94. The molecule has 0 fully saturated rings. The van der Waals surface area contributed by atoms with E-state index in [9.17, 15) is 18.0 Å². The smallest absolute Gasteiger partial charge is 0.244 e.